The molecule has 6 nitrogen and oxygen atoms in total. The number of hydrogen-bond donors (Lipinski definition) is 3. The number of nitrogens with one attached hydrogen (secondary N) is 2. The van der Waals surface area contributed by atoms with Crippen LogP contribution < -0.4 is 11.1 Å². The van der Waals surface area contributed by atoms with E-state index in [2.05, 4.69) is 10.3 Å². The number of amides is 1. The molecule has 7 heteroatoms. The lowest BCUT2D eigenvalue weighted by atomic mass is 10.0. The van der Waals surface area contributed by atoms with Crippen molar-refractivity contribution < 1.29 is 14.3 Å². The van der Waals surface area contributed by atoms with Crippen LogP contribution in [0.4, 0.5) is 0 Å². The number of aromatic nitrogens is 1. The maximum absolute atomic E-state index is 13.0. The topological polar surface area (TPSA) is 97.2 Å². The summed E-state index contributed by atoms with van der Waals surface area (Å²) in [5.74, 6) is -0.884. The third kappa shape index (κ3) is 6.47. The summed E-state index contributed by atoms with van der Waals surface area (Å²) in [4.78, 5) is 29.1. The molecular formula is C27H28ClN3O3. The molecule has 4 N–H and O–H groups in total. The average Bonchev–Trinajstić information content (AvgIpc) is 3.26. The Morgan fingerprint density at radius 3 is 2.18 bits per heavy atom. The smallest absolute Gasteiger partial charge is 0.329 e. The number of halogens is 1. The van der Waals surface area contributed by atoms with Gasteiger partial charge in [-0.05, 0) is 29.2 Å². The molecular weight excluding hydrogens is 450 g/mol. The number of H-pyrrole nitrogens is 1. The van der Waals surface area contributed by atoms with Crippen molar-refractivity contribution >= 4 is 35.2 Å². The molecule has 1 amide bonds. The highest BCUT2D eigenvalue weighted by molar-refractivity contribution is 5.89. The molecule has 0 aliphatic heterocycles. The van der Waals surface area contributed by atoms with E-state index < -0.39 is 18.1 Å². The molecule has 0 spiro atoms. The molecule has 176 valence electrons. The quantitative estimate of drug-likeness (QED) is 0.318. The van der Waals surface area contributed by atoms with Crippen LogP contribution in [0.2, 0.25) is 0 Å². The van der Waals surface area contributed by atoms with Crippen LogP contribution in [0.5, 0.6) is 0 Å². The molecule has 0 aliphatic carbocycles. The molecule has 0 saturated heterocycles. The summed E-state index contributed by atoms with van der Waals surface area (Å²) in [5.41, 5.74) is 9.88. The number of esters is 1. The molecule has 4 aromatic rings. The Labute approximate surface area is 204 Å². The molecule has 0 saturated carbocycles. The van der Waals surface area contributed by atoms with Gasteiger partial charge in [0.25, 0.3) is 0 Å². The number of benzene rings is 3. The number of hydrogen-bond acceptors (Lipinski definition) is 4. The van der Waals surface area contributed by atoms with Gasteiger partial charge >= 0.3 is 5.97 Å². The Morgan fingerprint density at radius 1 is 0.853 bits per heavy atom. The fourth-order valence-electron chi connectivity index (χ4n) is 3.78. The van der Waals surface area contributed by atoms with Gasteiger partial charge in [-0.3, -0.25) is 4.79 Å². The van der Waals surface area contributed by atoms with Crippen molar-refractivity contribution in [3.63, 3.8) is 0 Å². The highest BCUT2D eigenvalue weighted by Gasteiger charge is 2.26. The lowest BCUT2D eigenvalue weighted by molar-refractivity contribution is -0.149. The van der Waals surface area contributed by atoms with Crippen LogP contribution in [0.15, 0.2) is 91.1 Å². The molecule has 1 aromatic heterocycles. The van der Waals surface area contributed by atoms with Crippen molar-refractivity contribution in [2.45, 2.75) is 31.5 Å². The summed E-state index contributed by atoms with van der Waals surface area (Å²) in [7, 11) is 0. The number of carbonyl (C=O) groups excluding carboxylic acids is 2. The van der Waals surface area contributed by atoms with Crippen LogP contribution in [-0.4, -0.2) is 28.9 Å². The Kier molecular flexibility index (Phi) is 8.85. The van der Waals surface area contributed by atoms with Gasteiger partial charge in [-0.1, -0.05) is 78.9 Å². The Bertz CT molecular complexity index is 1210. The highest BCUT2D eigenvalue weighted by Crippen LogP contribution is 2.20. The number of nitrogens with two attached hydrogens (primary N) is 1. The lowest BCUT2D eigenvalue weighted by Crippen LogP contribution is -2.50. The number of aromatic amines is 1. The van der Waals surface area contributed by atoms with Crippen LogP contribution in [0.25, 0.3) is 10.9 Å². The summed E-state index contributed by atoms with van der Waals surface area (Å²) in [6, 6.07) is 25.2. The van der Waals surface area contributed by atoms with E-state index >= 15 is 0 Å². The van der Waals surface area contributed by atoms with Crippen molar-refractivity contribution in [3.05, 3.63) is 108 Å². The molecule has 0 fully saturated rings. The van der Waals surface area contributed by atoms with Gasteiger partial charge in [0.15, 0.2) is 0 Å². The molecule has 4 rings (SSSR count). The lowest BCUT2D eigenvalue weighted by Gasteiger charge is -2.20. The van der Waals surface area contributed by atoms with Gasteiger partial charge in [-0.15, -0.1) is 12.4 Å². The van der Waals surface area contributed by atoms with Gasteiger partial charge in [-0.25, -0.2) is 4.79 Å². The summed E-state index contributed by atoms with van der Waals surface area (Å²) in [6.07, 6.45) is 2.53. The zero-order valence-electron chi connectivity index (χ0n) is 18.6. The zero-order valence-corrected chi connectivity index (χ0v) is 19.5. The van der Waals surface area contributed by atoms with E-state index in [1.165, 1.54) is 0 Å². The first-order chi connectivity index (χ1) is 16.1. The largest absolute Gasteiger partial charge is 0.459 e. The zero-order chi connectivity index (χ0) is 23.0. The van der Waals surface area contributed by atoms with Crippen LogP contribution >= 0.6 is 12.4 Å². The molecule has 0 unspecified atom stereocenters. The average molecular weight is 478 g/mol. The normalized spacial score (nSPS) is 12.4. The van der Waals surface area contributed by atoms with Crippen molar-refractivity contribution in [1.82, 2.24) is 10.3 Å². The maximum atomic E-state index is 13.0. The Hall–Kier alpha value is -3.61. The minimum absolute atomic E-state index is 0. The predicted octanol–water partition coefficient (Wildman–Crippen LogP) is 3.93. The third-order valence-electron chi connectivity index (χ3n) is 5.56. The number of fused-ring (bicyclic) bond motifs is 1. The first kappa shape index (κ1) is 25.0. The van der Waals surface area contributed by atoms with Crippen LogP contribution in [0, 0.1) is 0 Å². The fourth-order valence-corrected chi connectivity index (χ4v) is 3.78. The molecule has 3 aromatic carbocycles. The van der Waals surface area contributed by atoms with E-state index in [1.807, 2.05) is 91.1 Å². The second-order valence-corrected chi connectivity index (χ2v) is 8.01. The third-order valence-corrected chi connectivity index (χ3v) is 5.56. The summed E-state index contributed by atoms with van der Waals surface area (Å²) < 4.78 is 5.55. The predicted molar refractivity (Wildman–Crippen MR) is 136 cm³/mol. The molecule has 1 heterocycles. The molecule has 0 aliphatic rings. The number of para-hydroxylation sites is 1. The van der Waals surface area contributed by atoms with Crippen molar-refractivity contribution in [2.24, 2.45) is 5.73 Å². The number of ether oxygens (including phenoxy) is 1. The monoisotopic (exact) mass is 477 g/mol. The van der Waals surface area contributed by atoms with Crippen molar-refractivity contribution in [2.75, 3.05) is 0 Å². The standard InChI is InChI=1S/C27H27N3O3.ClH/c28-23(15-19-9-3-1-4-10-19)26(31)30-25(27(32)33-18-20-11-5-2-6-12-20)16-21-17-29-24-14-8-7-13-22(21)24;/h1-14,17,23,25,29H,15-16,18,28H2,(H,30,31);1H/t23-,25-;/m0./s1. The van der Waals surface area contributed by atoms with Gasteiger partial charge in [0.1, 0.15) is 12.6 Å². The number of carbonyl (C=O) groups is 2. The van der Waals surface area contributed by atoms with Gasteiger partial charge in [0, 0.05) is 23.5 Å². The van der Waals surface area contributed by atoms with Gasteiger partial charge in [-0.2, -0.15) is 0 Å². The molecule has 2 atom stereocenters. The minimum Gasteiger partial charge on any atom is -0.459 e. The van der Waals surface area contributed by atoms with Crippen molar-refractivity contribution in [3.8, 4) is 0 Å². The van der Waals surface area contributed by atoms with Crippen LogP contribution in [0.1, 0.15) is 16.7 Å². The molecule has 34 heavy (non-hydrogen) atoms. The minimum atomic E-state index is -0.859. The van der Waals surface area contributed by atoms with Crippen molar-refractivity contribution in [1.29, 1.82) is 0 Å². The van der Waals surface area contributed by atoms with E-state index in [0.717, 1.165) is 27.6 Å². The Morgan fingerprint density at radius 2 is 1.47 bits per heavy atom. The van der Waals surface area contributed by atoms with Crippen LogP contribution in [-0.2, 0) is 33.8 Å². The Balaban J connectivity index is 0.00000324. The van der Waals surface area contributed by atoms with E-state index in [0.29, 0.717) is 12.8 Å². The van der Waals surface area contributed by atoms with Gasteiger partial charge in [0.2, 0.25) is 5.91 Å². The summed E-state index contributed by atoms with van der Waals surface area (Å²) in [5, 5.41) is 3.82. The fraction of sp³-hybridized carbons (Fsp3) is 0.185. The highest BCUT2D eigenvalue weighted by atomic mass is 35.5. The van der Waals surface area contributed by atoms with E-state index in [9.17, 15) is 9.59 Å². The first-order valence-corrected chi connectivity index (χ1v) is 11.0. The second-order valence-electron chi connectivity index (χ2n) is 8.01. The van der Waals surface area contributed by atoms with Gasteiger partial charge < -0.3 is 20.8 Å². The van der Waals surface area contributed by atoms with Crippen LogP contribution in [0.3, 0.4) is 0 Å². The maximum Gasteiger partial charge on any atom is 0.329 e. The SMILES string of the molecule is Cl.N[C@@H](Cc1ccccc1)C(=O)N[C@@H](Cc1c[nH]c2ccccc12)C(=O)OCc1ccccc1. The number of rotatable bonds is 9. The molecule has 0 bridgehead atoms. The summed E-state index contributed by atoms with van der Waals surface area (Å²) in [6.45, 7) is 0.135. The van der Waals surface area contributed by atoms with E-state index in [1.54, 1.807) is 0 Å². The van der Waals surface area contributed by atoms with Gasteiger partial charge in [0.05, 0.1) is 6.04 Å². The summed E-state index contributed by atoms with van der Waals surface area (Å²) >= 11 is 0. The second kappa shape index (κ2) is 12.0. The molecule has 0 radical (unpaired) electrons. The van der Waals surface area contributed by atoms with E-state index in [4.69, 9.17) is 10.5 Å². The first-order valence-electron chi connectivity index (χ1n) is 11.0. The van der Waals surface area contributed by atoms with E-state index in [-0.39, 0.29) is 24.9 Å².